The first-order valence-electron chi connectivity index (χ1n) is 14.3. The maximum Gasteiger partial charge on any atom is 0.173 e. The lowest BCUT2D eigenvalue weighted by molar-refractivity contribution is 1.12. The minimum absolute atomic E-state index is 0.756. The van der Waals surface area contributed by atoms with E-state index in [0.717, 1.165) is 27.6 Å². The van der Waals surface area contributed by atoms with E-state index < -0.39 is 10.0 Å². The van der Waals surface area contributed by atoms with E-state index in [1.54, 1.807) is 0 Å². The first-order chi connectivity index (χ1) is 21.3. The summed E-state index contributed by atoms with van der Waals surface area (Å²) in [6, 6.07) is 58.8. The predicted octanol–water partition coefficient (Wildman–Crippen LogP) is 11.0. The van der Waals surface area contributed by atoms with E-state index in [0.29, 0.717) is 0 Å². The third-order valence-corrected chi connectivity index (χ3v) is 12.6. The van der Waals surface area contributed by atoms with Gasteiger partial charge in [-0.25, -0.2) is 4.98 Å². The van der Waals surface area contributed by atoms with Gasteiger partial charge in [-0.15, -0.1) is 10.0 Å². The minimum Gasteiger partial charge on any atom is -0.308 e. The van der Waals surface area contributed by atoms with Gasteiger partial charge in [0.2, 0.25) is 0 Å². The number of aromatic nitrogens is 2. The van der Waals surface area contributed by atoms with Gasteiger partial charge in [-0.2, -0.15) is 4.37 Å². The summed E-state index contributed by atoms with van der Waals surface area (Å²) >= 11 is 1.44. The van der Waals surface area contributed by atoms with E-state index in [2.05, 4.69) is 155 Å². The molecule has 0 unspecified atom stereocenters. The summed E-state index contributed by atoms with van der Waals surface area (Å²) in [5, 5.41) is 0.930. The van der Waals surface area contributed by atoms with Crippen molar-refractivity contribution in [3.8, 4) is 22.0 Å². The van der Waals surface area contributed by atoms with E-state index in [1.165, 1.54) is 42.5 Å². The van der Waals surface area contributed by atoms with Gasteiger partial charge in [-0.05, 0) is 84.3 Å². The van der Waals surface area contributed by atoms with Crippen molar-refractivity contribution in [3.63, 3.8) is 0 Å². The molecule has 43 heavy (non-hydrogen) atoms. The Morgan fingerprint density at radius 1 is 0.465 bits per heavy atom. The number of nitrogens with zero attached hydrogens (tertiary/aromatic N) is 3. The molecular weight excluding hydrogens is 563 g/mol. The fourth-order valence-corrected chi connectivity index (χ4v) is 10.9. The monoisotopic (exact) mass is 589 g/mol. The van der Waals surface area contributed by atoms with Gasteiger partial charge in [0.05, 0.1) is 11.4 Å². The molecule has 0 bridgehead atoms. The van der Waals surface area contributed by atoms with Gasteiger partial charge in [0.1, 0.15) is 5.01 Å². The highest BCUT2D eigenvalue weighted by Gasteiger charge is 2.42. The van der Waals surface area contributed by atoms with Gasteiger partial charge < -0.3 is 4.90 Å². The lowest BCUT2D eigenvalue weighted by atomic mass is 10.1. The van der Waals surface area contributed by atoms with Gasteiger partial charge in [0.15, 0.2) is 5.82 Å². The highest BCUT2D eigenvalue weighted by molar-refractivity contribution is 8.34. The number of benzene rings is 6. The summed E-state index contributed by atoms with van der Waals surface area (Å²) < 4.78 is 4.68. The fraction of sp³-hybridized carbons (Fsp3) is 0. The average Bonchev–Trinajstić information content (AvgIpc) is 3.59. The largest absolute Gasteiger partial charge is 0.308 e. The van der Waals surface area contributed by atoms with Crippen LogP contribution in [0.1, 0.15) is 0 Å². The average molecular weight is 590 g/mol. The third kappa shape index (κ3) is 4.20. The molecule has 3 nitrogen and oxygen atoms in total. The first kappa shape index (κ1) is 25.7. The second-order valence-corrected chi connectivity index (χ2v) is 14.1. The molecule has 1 aliphatic heterocycles. The Morgan fingerprint density at radius 2 is 0.953 bits per heavy atom. The maximum atomic E-state index is 4.85. The second-order valence-electron chi connectivity index (χ2n) is 10.3. The summed E-state index contributed by atoms with van der Waals surface area (Å²) in [5.74, 6) is 0.756. The van der Waals surface area contributed by atoms with Crippen molar-refractivity contribution in [1.29, 1.82) is 0 Å². The molecule has 7 aromatic rings. The van der Waals surface area contributed by atoms with Crippen LogP contribution in [0.25, 0.3) is 22.0 Å². The van der Waals surface area contributed by atoms with Crippen LogP contribution in [0.15, 0.2) is 183 Å². The molecule has 0 radical (unpaired) electrons. The molecule has 0 atom stereocenters. The van der Waals surface area contributed by atoms with Crippen molar-refractivity contribution in [2.45, 2.75) is 19.6 Å². The maximum absolute atomic E-state index is 4.85. The second kappa shape index (κ2) is 10.7. The summed E-state index contributed by atoms with van der Waals surface area (Å²) in [5.41, 5.74) is 5.61. The Bertz CT molecular complexity index is 1930. The van der Waals surface area contributed by atoms with Crippen molar-refractivity contribution >= 4 is 38.6 Å². The number of rotatable bonds is 5. The van der Waals surface area contributed by atoms with Crippen molar-refractivity contribution in [1.82, 2.24) is 9.36 Å². The van der Waals surface area contributed by atoms with Crippen molar-refractivity contribution in [2.75, 3.05) is 4.90 Å². The molecule has 1 aromatic heterocycles. The quantitative estimate of drug-likeness (QED) is 0.200. The Labute approximate surface area is 257 Å². The Morgan fingerprint density at radius 3 is 1.51 bits per heavy atom. The zero-order valence-corrected chi connectivity index (χ0v) is 24.9. The van der Waals surface area contributed by atoms with E-state index in [-0.39, 0.29) is 0 Å². The Kier molecular flexibility index (Phi) is 6.40. The topological polar surface area (TPSA) is 29.0 Å². The van der Waals surface area contributed by atoms with E-state index in [4.69, 9.17) is 4.98 Å². The van der Waals surface area contributed by atoms with E-state index in [9.17, 15) is 0 Å². The van der Waals surface area contributed by atoms with Gasteiger partial charge in [-0.3, -0.25) is 0 Å². The number of hydrogen-bond donors (Lipinski definition) is 0. The molecule has 0 N–H and O–H groups in total. The third-order valence-electron chi connectivity index (χ3n) is 7.90. The van der Waals surface area contributed by atoms with Gasteiger partial charge in [-0.1, -0.05) is 91.0 Å². The molecule has 0 saturated heterocycles. The molecular formula is C38H27N3S2. The number of anilines is 3. The van der Waals surface area contributed by atoms with Crippen LogP contribution < -0.4 is 4.90 Å². The van der Waals surface area contributed by atoms with Crippen molar-refractivity contribution in [2.24, 2.45) is 0 Å². The lowest BCUT2D eigenvalue weighted by Crippen LogP contribution is -2.21. The van der Waals surface area contributed by atoms with Crippen LogP contribution in [0, 0.1) is 0 Å². The van der Waals surface area contributed by atoms with Crippen LogP contribution in [0.4, 0.5) is 17.1 Å². The summed E-state index contributed by atoms with van der Waals surface area (Å²) in [6.07, 6.45) is 0. The molecule has 206 valence electrons. The van der Waals surface area contributed by atoms with Crippen LogP contribution in [-0.4, -0.2) is 9.36 Å². The zero-order valence-electron chi connectivity index (χ0n) is 23.2. The van der Waals surface area contributed by atoms with Crippen LogP contribution in [0.3, 0.4) is 0 Å². The highest BCUT2D eigenvalue weighted by atomic mass is 32.3. The van der Waals surface area contributed by atoms with Gasteiger partial charge in [0.25, 0.3) is 0 Å². The first-order valence-corrected chi connectivity index (χ1v) is 16.7. The number of para-hydroxylation sites is 2. The summed E-state index contributed by atoms with van der Waals surface area (Å²) in [7, 11) is -1.75. The Balaban J connectivity index is 1.29. The molecule has 0 amide bonds. The SMILES string of the molecule is c1ccc(-c2nc(-c3ccc(N4c5ccccc5S(c5ccccc5)(c5ccccc5)c5ccccc54)cc3)ns2)cc1. The molecule has 0 saturated carbocycles. The van der Waals surface area contributed by atoms with Gasteiger partial charge in [0, 0.05) is 36.4 Å². The highest BCUT2D eigenvalue weighted by Crippen LogP contribution is 2.79. The molecule has 6 aromatic carbocycles. The van der Waals surface area contributed by atoms with Crippen LogP contribution >= 0.6 is 21.6 Å². The molecule has 2 heterocycles. The lowest BCUT2D eigenvalue weighted by Gasteiger charge is -2.49. The molecule has 0 aliphatic carbocycles. The Hall–Kier alpha value is -4.97. The van der Waals surface area contributed by atoms with Crippen LogP contribution in [0.5, 0.6) is 0 Å². The standard InChI is InChI=1S/C38H27N3S2/c1-4-14-29(15-5-1)38-39-37(40-42-38)28-24-26-30(27-25-28)41-33-20-10-12-22-35(33)43(31-16-6-2-7-17-31,32-18-8-3-9-19-32)36-23-13-11-21-34(36)41/h1-27H. The number of fused-ring (bicyclic) bond motifs is 2. The summed E-state index contributed by atoms with van der Waals surface area (Å²) in [6.45, 7) is 0. The van der Waals surface area contributed by atoms with E-state index in [1.807, 2.05) is 18.2 Å². The zero-order chi connectivity index (χ0) is 28.6. The molecule has 8 rings (SSSR count). The fourth-order valence-electron chi connectivity index (χ4n) is 6.02. The van der Waals surface area contributed by atoms with Crippen molar-refractivity contribution < 1.29 is 0 Å². The molecule has 0 fully saturated rings. The van der Waals surface area contributed by atoms with E-state index >= 15 is 0 Å². The van der Waals surface area contributed by atoms with Crippen LogP contribution in [-0.2, 0) is 0 Å². The molecule has 5 heteroatoms. The van der Waals surface area contributed by atoms with Crippen molar-refractivity contribution in [3.05, 3.63) is 164 Å². The molecule has 0 spiro atoms. The normalized spacial score (nSPS) is 14.0. The van der Waals surface area contributed by atoms with Gasteiger partial charge >= 0.3 is 0 Å². The molecule has 1 aliphatic rings. The van der Waals surface area contributed by atoms with Crippen LogP contribution in [0.2, 0.25) is 0 Å². The minimum atomic E-state index is -1.75. The number of hydrogen-bond acceptors (Lipinski definition) is 4. The summed E-state index contributed by atoms with van der Waals surface area (Å²) in [4.78, 5) is 12.6. The predicted molar refractivity (Wildman–Crippen MR) is 179 cm³/mol. The smallest absolute Gasteiger partial charge is 0.173 e.